The van der Waals surface area contributed by atoms with Crippen molar-refractivity contribution >= 4 is 17.5 Å². The zero-order valence-corrected chi connectivity index (χ0v) is 13.2. The molecule has 0 aromatic heterocycles. The summed E-state index contributed by atoms with van der Waals surface area (Å²) in [4.78, 5) is 14.2. The van der Waals surface area contributed by atoms with E-state index in [1.807, 2.05) is 18.2 Å². The molecule has 1 heterocycles. The molecule has 1 saturated heterocycles. The van der Waals surface area contributed by atoms with Crippen LogP contribution >= 0.6 is 11.6 Å². The predicted molar refractivity (Wildman–Crippen MR) is 86.7 cm³/mol. The summed E-state index contributed by atoms with van der Waals surface area (Å²) < 4.78 is 0. The number of carbonyl (C=O) groups is 1. The average molecular weight is 308 g/mol. The van der Waals surface area contributed by atoms with Crippen LogP contribution in [0.1, 0.15) is 44.1 Å². The fourth-order valence-corrected chi connectivity index (χ4v) is 3.55. The highest BCUT2D eigenvalue weighted by Gasteiger charge is 2.39. The molecule has 1 atom stereocenters. The lowest BCUT2D eigenvalue weighted by molar-refractivity contribution is -0.121. The molecule has 4 heteroatoms. The molecule has 0 spiro atoms. The fraction of sp³-hybridized carbons (Fsp3) is 0.529. The molecule has 2 rings (SSSR count). The maximum absolute atomic E-state index is 11.7. The number of amides is 1. The number of carbonyl (C=O) groups excluding carboxylic acids is 1. The van der Waals surface area contributed by atoms with Crippen molar-refractivity contribution in [3.8, 4) is 0 Å². The van der Waals surface area contributed by atoms with Gasteiger partial charge in [0, 0.05) is 6.42 Å². The summed E-state index contributed by atoms with van der Waals surface area (Å²) in [6, 6.07) is 10.3. The van der Waals surface area contributed by atoms with Gasteiger partial charge in [-0.1, -0.05) is 36.8 Å². The van der Waals surface area contributed by atoms with Gasteiger partial charge in [-0.05, 0) is 44.3 Å². The molecule has 1 fully saturated rings. The third-order valence-corrected chi connectivity index (χ3v) is 4.62. The molecule has 0 aliphatic carbocycles. The fourth-order valence-electron chi connectivity index (χ4n) is 3.44. The van der Waals surface area contributed by atoms with Gasteiger partial charge in [-0.2, -0.15) is 0 Å². The normalized spacial score (nSPS) is 19.1. The van der Waals surface area contributed by atoms with Crippen molar-refractivity contribution in [2.75, 3.05) is 13.1 Å². The summed E-state index contributed by atoms with van der Waals surface area (Å²) in [5, 5.41) is 0. The minimum Gasteiger partial charge on any atom is -0.370 e. The maximum atomic E-state index is 11.7. The van der Waals surface area contributed by atoms with Crippen molar-refractivity contribution < 1.29 is 4.79 Å². The number of rotatable bonds is 7. The van der Waals surface area contributed by atoms with E-state index in [9.17, 15) is 4.79 Å². The molecule has 1 radical (unpaired) electrons. The van der Waals surface area contributed by atoms with Crippen molar-refractivity contribution in [1.82, 2.24) is 4.90 Å². The molecule has 1 amide bonds. The van der Waals surface area contributed by atoms with E-state index in [0.29, 0.717) is 6.42 Å². The minimum absolute atomic E-state index is 0.251. The van der Waals surface area contributed by atoms with Crippen molar-refractivity contribution in [1.29, 1.82) is 0 Å². The number of nitrogens with two attached hydrogens (primary N) is 1. The Bertz CT molecular complexity index is 445. The third kappa shape index (κ3) is 3.98. The highest BCUT2D eigenvalue weighted by atomic mass is 35.5. The second-order valence-corrected chi connectivity index (χ2v) is 6.09. The quantitative estimate of drug-likeness (QED) is 0.839. The number of nitrogens with zero attached hydrogens (tertiary/aromatic N) is 1. The smallest absolute Gasteiger partial charge is 0.219 e. The predicted octanol–water partition coefficient (Wildman–Crippen LogP) is 3.42. The standard InChI is InChI=1S/C17H24ClN2O/c18-11-7-10-17(14-16(19)21,15-8-3-1-4-9-15)20-12-5-2-6-13-20/h1,3-4,8-9,11H,2,5-7,10,12-14H2,(H2,19,21). The van der Waals surface area contributed by atoms with Crippen LogP contribution in [0.25, 0.3) is 0 Å². The number of likely N-dealkylation sites (tertiary alicyclic amines) is 1. The Morgan fingerprint density at radius 1 is 1.24 bits per heavy atom. The van der Waals surface area contributed by atoms with Gasteiger partial charge < -0.3 is 5.73 Å². The minimum atomic E-state index is -0.321. The molecule has 1 aliphatic heterocycles. The first-order chi connectivity index (χ1) is 10.2. The van der Waals surface area contributed by atoms with Gasteiger partial charge in [0.1, 0.15) is 0 Å². The monoisotopic (exact) mass is 307 g/mol. The van der Waals surface area contributed by atoms with Gasteiger partial charge in [0.2, 0.25) is 5.91 Å². The first-order valence-electron chi connectivity index (χ1n) is 7.70. The van der Waals surface area contributed by atoms with Crippen LogP contribution in [0, 0.1) is 5.88 Å². The Morgan fingerprint density at radius 2 is 1.90 bits per heavy atom. The SMILES string of the molecule is NC(=O)CC(CC[CH]Cl)(c1ccccc1)N1CCCCC1. The van der Waals surface area contributed by atoms with Gasteiger partial charge in [-0.25, -0.2) is 0 Å². The van der Waals surface area contributed by atoms with E-state index in [0.717, 1.165) is 25.9 Å². The number of benzene rings is 1. The van der Waals surface area contributed by atoms with E-state index in [1.165, 1.54) is 24.8 Å². The molecule has 1 aromatic carbocycles. The van der Waals surface area contributed by atoms with Crippen LogP contribution in [0.3, 0.4) is 0 Å². The summed E-state index contributed by atoms with van der Waals surface area (Å²) in [5.41, 5.74) is 6.44. The Hall–Kier alpha value is -1.06. The third-order valence-electron chi connectivity index (χ3n) is 4.41. The van der Waals surface area contributed by atoms with Gasteiger partial charge in [0.15, 0.2) is 0 Å². The van der Waals surface area contributed by atoms with Gasteiger partial charge in [0.25, 0.3) is 0 Å². The van der Waals surface area contributed by atoms with Crippen LogP contribution in [0.2, 0.25) is 0 Å². The molecule has 1 aliphatic rings. The molecule has 115 valence electrons. The number of hydrogen-bond donors (Lipinski definition) is 1. The van der Waals surface area contributed by atoms with E-state index >= 15 is 0 Å². The maximum Gasteiger partial charge on any atom is 0.219 e. The van der Waals surface area contributed by atoms with Crippen LogP contribution in [-0.4, -0.2) is 23.9 Å². The molecule has 0 bridgehead atoms. The van der Waals surface area contributed by atoms with Gasteiger partial charge >= 0.3 is 0 Å². The lowest BCUT2D eigenvalue weighted by Crippen LogP contribution is -2.50. The van der Waals surface area contributed by atoms with E-state index in [4.69, 9.17) is 17.3 Å². The van der Waals surface area contributed by atoms with Crippen molar-refractivity contribution in [2.45, 2.75) is 44.1 Å². The van der Waals surface area contributed by atoms with Crippen molar-refractivity contribution in [3.63, 3.8) is 0 Å². The zero-order chi connectivity index (χ0) is 15.1. The Balaban J connectivity index is 2.38. The molecule has 3 nitrogen and oxygen atoms in total. The summed E-state index contributed by atoms with van der Waals surface area (Å²) in [6.45, 7) is 2.04. The average Bonchev–Trinajstić information content (AvgIpc) is 2.53. The molecule has 21 heavy (non-hydrogen) atoms. The lowest BCUT2D eigenvalue weighted by Gasteiger charge is -2.46. The summed E-state index contributed by atoms with van der Waals surface area (Å²) in [7, 11) is 0. The molecule has 1 aromatic rings. The molecular formula is C17H24ClN2O. The number of piperidine rings is 1. The molecule has 2 N–H and O–H groups in total. The van der Waals surface area contributed by atoms with Crippen LogP contribution in [-0.2, 0) is 10.3 Å². The number of primary amides is 1. The summed E-state index contributed by atoms with van der Waals surface area (Å²) >= 11 is 5.81. The van der Waals surface area contributed by atoms with Crippen LogP contribution < -0.4 is 5.73 Å². The highest BCUT2D eigenvalue weighted by molar-refractivity contribution is 6.23. The second kappa shape index (κ2) is 7.81. The number of hydrogen-bond acceptors (Lipinski definition) is 2. The molecule has 1 unspecified atom stereocenters. The molecular weight excluding hydrogens is 284 g/mol. The van der Waals surface area contributed by atoms with Crippen LogP contribution in [0.4, 0.5) is 0 Å². The second-order valence-electron chi connectivity index (χ2n) is 5.78. The number of halogens is 1. The zero-order valence-electron chi connectivity index (χ0n) is 12.4. The van der Waals surface area contributed by atoms with Crippen molar-refractivity contribution in [2.24, 2.45) is 5.73 Å². The Morgan fingerprint density at radius 3 is 2.48 bits per heavy atom. The first kappa shape index (κ1) is 16.3. The first-order valence-corrected chi connectivity index (χ1v) is 8.13. The lowest BCUT2D eigenvalue weighted by atomic mass is 9.79. The van der Waals surface area contributed by atoms with Gasteiger partial charge in [0.05, 0.1) is 11.4 Å². The van der Waals surface area contributed by atoms with Gasteiger partial charge in [-0.3, -0.25) is 9.69 Å². The van der Waals surface area contributed by atoms with E-state index in [2.05, 4.69) is 17.0 Å². The summed E-state index contributed by atoms with van der Waals surface area (Å²) in [5.74, 6) is 1.40. The van der Waals surface area contributed by atoms with Crippen molar-refractivity contribution in [3.05, 3.63) is 41.8 Å². The Labute approximate surface area is 132 Å². The topological polar surface area (TPSA) is 46.3 Å². The van der Waals surface area contributed by atoms with E-state index in [1.54, 1.807) is 5.88 Å². The van der Waals surface area contributed by atoms with E-state index < -0.39 is 0 Å². The van der Waals surface area contributed by atoms with Gasteiger partial charge in [-0.15, -0.1) is 11.6 Å². The highest BCUT2D eigenvalue weighted by Crippen LogP contribution is 2.39. The molecule has 0 saturated carbocycles. The van der Waals surface area contributed by atoms with E-state index in [-0.39, 0.29) is 11.4 Å². The largest absolute Gasteiger partial charge is 0.370 e. The van der Waals surface area contributed by atoms with Crippen LogP contribution in [0.15, 0.2) is 30.3 Å². The van der Waals surface area contributed by atoms with Crippen LogP contribution in [0.5, 0.6) is 0 Å². The summed E-state index contributed by atoms with van der Waals surface area (Å²) in [6.07, 6.45) is 5.56. The Kier molecular flexibility index (Phi) is 6.07.